The van der Waals surface area contributed by atoms with Crippen molar-refractivity contribution in [3.63, 3.8) is 0 Å². The molecule has 0 saturated heterocycles. The van der Waals surface area contributed by atoms with Crippen LogP contribution in [0.3, 0.4) is 0 Å². The third-order valence-electron chi connectivity index (χ3n) is 2.37. The van der Waals surface area contributed by atoms with Crippen molar-refractivity contribution < 1.29 is 9.53 Å². The molecule has 16 heavy (non-hydrogen) atoms. The highest BCUT2D eigenvalue weighted by molar-refractivity contribution is 7.80. The van der Waals surface area contributed by atoms with E-state index in [9.17, 15) is 4.79 Å². The largest absolute Gasteiger partial charge is 0.469 e. The van der Waals surface area contributed by atoms with Gasteiger partial charge in [-0.2, -0.15) is 5.26 Å². The molecule has 0 atom stereocenters. The lowest BCUT2D eigenvalue weighted by atomic mass is 10.0. The number of nitriles is 1. The van der Waals surface area contributed by atoms with Crippen molar-refractivity contribution in [1.82, 2.24) is 0 Å². The van der Waals surface area contributed by atoms with Gasteiger partial charge in [-0.05, 0) is 23.6 Å². The maximum atomic E-state index is 11.2. The maximum Gasteiger partial charge on any atom is 0.310 e. The van der Waals surface area contributed by atoms with E-state index in [1.165, 1.54) is 7.11 Å². The van der Waals surface area contributed by atoms with Crippen LogP contribution in [0.25, 0.3) is 0 Å². The fraction of sp³-hybridized carbons (Fsp3) is 0.333. The van der Waals surface area contributed by atoms with Crippen LogP contribution in [0.1, 0.15) is 23.6 Å². The van der Waals surface area contributed by atoms with Gasteiger partial charge in [-0.15, -0.1) is 12.6 Å². The van der Waals surface area contributed by atoms with Crippen LogP contribution in [0.15, 0.2) is 17.0 Å². The Kier molecular flexibility index (Phi) is 4.39. The maximum absolute atomic E-state index is 11.2. The predicted molar refractivity (Wildman–Crippen MR) is 63.5 cm³/mol. The number of nitrogens with zero attached hydrogens (tertiary/aromatic N) is 1. The van der Waals surface area contributed by atoms with Gasteiger partial charge in [0.2, 0.25) is 0 Å². The van der Waals surface area contributed by atoms with Gasteiger partial charge >= 0.3 is 5.97 Å². The Balaban J connectivity index is 3.16. The van der Waals surface area contributed by atoms with Crippen molar-refractivity contribution >= 4 is 18.6 Å². The molecule has 0 heterocycles. The molecule has 0 N–H and O–H groups in total. The molecule has 3 nitrogen and oxygen atoms in total. The average Bonchev–Trinajstić information content (AvgIpc) is 2.30. The summed E-state index contributed by atoms with van der Waals surface area (Å²) in [5.41, 5.74) is 2.21. The number of rotatable bonds is 3. The zero-order valence-corrected chi connectivity index (χ0v) is 10.2. The van der Waals surface area contributed by atoms with Crippen LogP contribution in [0.5, 0.6) is 0 Å². The molecule has 0 aliphatic rings. The molecule has 0 radical (unpaired) electrons. The Morgan fingerprint density at radius 3 is 2.69 bits per heavy atom. The van der Waals surface area contributed by atoms with E-state index in [-0.39, 0.29) is 12.4 Å². The molecule has 0 amide bonds. The summed E-state index contributed by atoms with van der Waals surface area (Å²) in [5, 5.41) is 8.96. The van der Waals surface area contributed by atoms with E-state index >= 15 is 0 Å². The SMILES string of the molecule is CCc1cc(CC(=O)OC)c(C#N)cc1S. The normalized spacial score (nSPS) is 9.62. The molecular weight excluding hydrogens is 222 g/mol. The number of hydrogen-bond acceptors (Lipinski definition) is 4. The predicted octanol–water partition coefficient (Wildman–Crippen LogP) is 2.12. The Labute approximate surface area is 100 Å². The molecule has 0 fully saturated rings. The number of ether oxygens (including phenoxy) is 1. The van der Waals surface area contributed by atoms with Gasteiger partial charge in [-0.25, -0.2) is 0 Å². The summed E-state index contributed by atoms with van der Waals surface area (Å²) in [6, 6.07) is 5.60. The number of methoxy groups -OCH3 is 1. The molecule has 1 aromatic carbocycles. The molecule has 0 aliphatic heterocycles. The summed E-state index contributed by atoms with van der Waals surface area (Å²) >= 11 is 4.30. The van der Waals surface area contributed by atoms with Gasteiger partial charge in [0.15, 0.2) is 0 Å². The summed E-state index contributed by atoms with van der Waals surface area (Å²) < 4.78 is 4.59. The molecule has 0 aromatic heterocycles. The van der Waals surface area contributed by atoms with Gasteiger partial charge in [-0.3, -0.25) is 4.79 Å². The lowest BCUT2D eigenvalue weighted by molar-refractivity contribution is -0.139. The van der Waals surface area contributed by atoms with Gasteiger partial charge in [0, 0.05) is 4.90 Å². The van der Waals surface area contributed by atoms with Gasteiger partial charge in [-0.1, -0.05) is 13.0 Å². The fourth-order valence-corrected chi connectivity index (χ4v) is 1.80. The molecule has 0 bridgehead atoms. The lowest BCUT2D eigenvalue weighted by Gasteiger charge is -2.08. The number of esters is 1. The van der Waals surface area contributed by atoms with E-state index in [1.807, 2.05) is 13.0 Å². The van der Waals surface area contributed by atoms with Crippen LogP contribution in [0.2, 0.25) is 0 Å². The first-order chi connectivity index (χ1) is 7.62. The summed E-state index contributed by atoms with van der Waals surface area (Å²) in [7, 11) is 1.34. The molecule has 0 unspecified atom stereocenters. The fourth-order valence-electron chi connectivity index (χ4n) is 1.45. The van der Waals surface area contributed by atoms with Crippen molar-refractivity contribution in [2.45, 2.75) is 24.7 Å². The molecule has 4 heteroatoms. The highest BCUT2D eigenvalue weighted by atomic mass is 32.1. The summed E-state index contributed by atoms with van der Waals surface area (Å²) in [6.07, 6.45) is 0.944. The van der Waals surface area contributed by atoms with Crippen LogP contribution in [0.4, 0.5) is 0 Å². The van der Waals surface area contributed by atoms with Crippen LogP contribution >= 0.6 is 12.6 Å². The van der Waals surface area contributed by atoms with E-state index in [4.69, 9.17) is 5.26 Å². The summed E-state index contributed by atoms with van der Waals surface area (Å²) in [5.74, 6) is -0.342. The van der Waals surface area contributed by atoms with Crippen LogP contribution in [-0.4, -0.2) is 13.1 Å². The van der Waals surface area contributed by atoms with Gasteiger partial charge in [0.25, 0.3) is 0 Å². The third kappa shape index (κ3) is 2.77. The van der Waals surface area contributed by atoms with Crippen molar-refractivity contribution in [3.8, 4) is 6.07 Å². The highest BCUT2D eigenvalue weighted by Crippen LogP contribution is 2.21. The van der Waals surface area contributed by atoms with E-state index in [0.29, 0.717) is 11.1 Å². The van der Waals surface area contributed by atoms with Crippen molar-refractivity contribution in [1.29, 1.82) is 5.26 Å². The number of aryl methyl sites for hydroxylation is 1. The minimum Gasteiger partial charge on any atom is -0.469 e. The van der Waals surface area contributed by atoms with E-state index in [0.717, 1.165) is 16.9 Å². The summed E-state index contributed by atoms with van der Waals surface area (Å²) in [4.78, 5) is 12.0. The zero-order valence-electron chi connectivity index (χ0n) is 9.28. The third-order valence-corrected chi connectivity index (χ3v) is 2.78. The van der Waals surface area contributed by atoms with Crippen LogP contribution < -0.4 is 0 Å². The average molecular weight is 235 g/mol. The Bertz CT molecular complexity index is 449. The first kappa shape index (κ1) is 12.6. The first-order valence-corrected chi connectivity index (χ1v) is 5.38. The van der Waals surface area contributed by atoms with E-state index < -0.39 is 0 Å². The second-order valence-corrected chi connectivity index (χ2v) is 3.84. The van der Waals surface area contributed by atoms with Gasteiger partial charge in [0.05, 0.1) is 25.2 Å². The molecule has 0 aliphatic carbocycles. The number of carbonyl (C=O) groups excluding carboxylic acids is 1. The minimum atomic E-state index is -0.342. The quantitative estimate of drug-likeness (QED) is 0.645. The second kappa shape index (κ2) is 5.57. The molecule has 0 saturated carbocycles. The first-order valence-electron chi connectivity index (χ1n) is 4.94. The lowest BCUT2D eigenvalue weighted by Crippen LogP contribution is -2.07. The van der Waals surface area contributed by atoms with Crippen LogP contribution in [0, 0.1) is 11.3 Å². The molecule has 1 rings (SSSR count). The molecule has 0 spiro atoms. The number of carbonyl (C=O) groups is 1. The highest BCUT2D eigenvalue weighted by Gasteiger charge is 2.10. The Morgan fingerprint density at radius 1 is 1.50 bits per heavy atom. The smallest absolute Gasteiger partial charge is 0.310 e. The molecule has 84 valence electrons. The van der Waals surface area contributed by atoms with Crippen molar-refractivity contribution in [3.05, 3.63) is 28.8 Å². The Morgan fingerprint density at radius 2 is 2.19 bits per heavy atom. The topological polar surface area (TPSA) is 50.1 Å². The van der Waals surface area contributed by atoms with Crippen molar-refractivity contribution in [2.75, 3.05) is 7.11 Å². The Hall–Kier alpha value is -1.47. The zero-order chi connectivity index (χ0) is 12.1. The standard InChI is InChI=1S/C12H13NO2S/c1-3-8-4-9(6-12(14)15-2)10(7-13)5-11(8)16/h4-5,16H,3,6H2,1-2H3. The van der Waals surface area contributed by atoms with Crippen LogP contribution in [-0.2, 0) is 22.4 Å². The summed E-state index contributed by atoms with van der Waals surface area (Å²) in [6.45, 7) is 2.00. The van der Waals surface area contributed by atoms with Gasteiger partial charge in [0.1, 0.15) is 0 Å². The van der Waals surface area contributed by atoms with E-state index in [2.05, 4.69) is 23.4 Å². The minimum absolute atomic E-state index is 0.125. The molecular formula is C12H13NO2S. The molecule has 1 aromatic rings. The van der Waals surface area contributed by atoms with Gasteiger partial charge < -0.3 is 4.74 Å². The second-order valence-electron chi connectivity index (χ2n) is 3.36. The number of hydrogen-bond donors (Lipinski definition) is 1. The van der Waals surface area contributed by atoms with E-state index in [1.54, 1.807) is 6.07 Å². The van der Waals surface area contributed by atoms with Crippen molar-refractivity contribution in [2.24, 2.45) is 0 Å². The monoisotopic (exact) mass is 235 g/mol. The number of thiol groups is 1. The number of benzene rings is 1.